The van der Waals surface area contributed by atoms with E-state index in [0.717, 1.165) is 0 Å². The van der Waals surface area contributed by atoms with E-state index >= 15 is 0 Å². The molecule has 2 aromatic heterocycles. The Hall–Kier alpha value is -2.74. The third-order valence-corrected chi connectivity index (χ3v) is 3.33. The number of carbonyl (C=O) groups is 1. The molecule has 0 unspecified atom stereocenters. The van der Waals surface area contributed by atoms with Gasteiger partial charge in [0.15, 0.2) is 5.82 Å². The quantitative estimate of drug-likeness (QED) is 0.767. The molecule has 112 valence electrons. The Bertz CT molecular complexity index is 808. The number of anilines is 1. The molecule has 2 heterocycles. The van der Waals surface area contributed by atoms with Crippen LogP contribution in [0.3, 0.4) is 0 Å². The van der Waals surface area contributed by atoms with Crippen LogP contribution in [0.5, 0.6) is 0 Å². The zero-order valence-electron chi connectivity index (χ0n) is 11.7. The molecule has 2 N–H and O–H groups in total. The fraction of sp³-hybridized carbons (Fsp3) is 0.154. The van der Waals surface area contributed by atoms with E-state index in [1.165, 1.54) is 0 Å². The minimum absolute atomic E-state index is 0.341. The number of aryl methyl sites for hydroxylation is 2. The fourth-order valence-electron chi connectivity index (χ4n) is 2.09. The first-order chi connectivity index (χ1) is 10.6. The summed E-state index contributed by atoms with van der Waals surface area (Å²) in [5, 5.41) is 20.6. The second-order valence-electron chi connectivity index (χ2n) is 4.59. The van der Waals surface area contributed by atoms with Gasteiger partial charge < -0.3 is 9.84 Å². The average Bonchev–Trinajstić information content (AvgIpc) is 3.09. The molecule has 0 fully saturated rings. The number of tetrazole rings is 1. The summed E-state index contributed by atoms with van der Waals surface area (Å²) in [6.07, 6.45) is 0. The molecule has 22 heavy (non-hydrogen) atoms. The molecule has 0 aliphatic rings. The number of H-pyrrole nitrogens is 1. The summed E-state index contributed by atoms with van der Waals surface area (Å²) < 4.78 is 5.00. The summed E-state index contributed by atoms with van der Waals surface area (Å²) in [4.78, 5) is 12.4. The molecule has 3 aromatic rings. The van der Waals surface area contributed by atoms with Crippen LogP contribution in [0.4, 0.5) is 5.69 Å². The second-order valence-corrected chi connectivity index (χ2v) is 5.03. The van der Waals surface area contributed by atoms with Crippen molar-refractivity contribution in [2.24, 2.45) is 0 Å². The van der Waals surface area contributed by atoms with Gasteiger partial charge in [0.05, 0.1) is 11.4 Å². The topological polar surface area (TPSA) is 110 Å². The number of nitrogens with zero attached hydrogens (tertiary/aromatic N) is 4. The van der Waals surface area contributed by atoms with Gasteiger partial charge in [-0.25, -0.2) is 5.10 Å². The van der Waals surface area contributed by atoms with Crippen molar-refractivity contribution in [3.8, 4) is 11.4 Å². The lowest BCUT2D eigenvalue weighted by Crippen LogP contribution is -2.14. The van der Waals surface area contributed by atoms with Gasteiger partial charge in [-0.1, -0.05) is 16.8 Å². The Morgan fingerprint density at radius 1 is 1.36 bits per heavy atom. The largest absolute Gasteiger partial charge is 0.361 e. The van der Waals surface area contributed by atoms with Crippen LogP contribution >= 0.6 is 11.6 Å². The molecule has 0 aliphatic heterocycles. The fourth-order valence-corrected chi connectivity index (χ4v) is 2.26. The number of hydrogen-bond donors (Lipinski definition) is 2. The van der Waals surface area contributed by atoms with Crippen LogP contribution in [0, 0.1) is 13.8 Å². The van der Waals surface area contributed by atoms with Gasteiger partial charge in [0.2, 0.25) is 0 Å². The van der Waals surface area contributed by atoms with E-state index in [-0.39, 0.29) is 5.91 Å². The molecule has 0 saturated heterocycles. The second kappa shape index (κ2) is 5.57. The predicted molar refractivity (Wildman–Crippen MR) is 78.6 cm³/mol. The summed E-state index contributed by atoms with van der Waals surface area (Å²) in [5.41, 5.74) is 2.01. The van der Waals surface area contributed by atoms with Crippen LogP contribution in [0.2, 0.25) is 5.02 Å². The molecule has 0 radical (unpaired) electrons. The third kappa shape index (κ3) is 2.56. The number of hydrogen-bond acceptors (Lipinski definition) is 6. The summed E-state index contributed by atoms with van der Waals surface area (Å²) in [6.45, 7) is 3.37. The van der Waals surface area contributed by atoms with Crippen LogP contribution in [-0.4, -0.2) is 31.7 Å². The number of benzene rings is 1. The minimum Gasteiger partial charge on any atom is -0.361 e. The molecule has 3 rings (SSSR count). The van der Waals surface area contributed by atoms with E-state index in [9.17, 15) is 4.79 Å². The molecule has 1 amide bonds. The Balaban J connectivity index is 1.99. The highest BCUT2D eigenvalue weighted by atomic mass is 35.5. The Morgan fingerprint density at radius 2 is 2.18 bits per heavy atom. The van der Waals surface area contributed by atoms with Crippen LogP contribution < -0.4 is 5.32 Å². The van der Waals surface area contributed by atoms with E-state index < -0.39 is 0 Å². The van der Waals surface area contributed by atoms with Gasteiger partial charge in [-0.15, -0.1) is 5.10 Å². The number of rotatable bonds is 3. The van der Waals surface area contributed by atoms with Crippen molar-refractivity contribution in [2.45, 2.75) is 13.8 Å². The molecule has 0 aliphatic carbocycles. The number of nitrogens with one attached hydrogen (secondary N) is 2. The number of aromatic nitrogens is 5. The lowest BCUT2D eigenvalue weighted by atomic mass is 10.1. The van der Waals surface area contributed by atoms with Gasteiger partial charge in [-0.05, 0) is 42.5 Å². The lowest BCUT2D eigenvalue weighted by Gasteiger charge is -2.09. The van der Waals surface area contributed by atoms with E-state index in [4.69, 9.17) is 16.1 Å². The number of carbonyl (C=O) groups excluding carboxylic acids is 1. The average molecular weight is 319 g/mol. The number of halogens is 1. The maximum atomic E-state index is 12.4. The van der Waals surface area contributed by atoms with E-state index in [2.05, 4.69) is 31.1 Å². The number of amides is 1. The van der Waals surface area contributed by atoms with Gasteiger partial charge in [0.1, 0.15) is 11.3 Å². The van der Waals surface area contributed by atoms with Crippen molar-refractivity contribution in [2.75, 3.05) is 5.32 Å². The SMILES string of the molecule is Cc1noc(C)c1C(=O)Nc1cc(Cl)ccc1-c1nnn[nH]1. The predicted octanol–water partition coefficient (Wildman–Crippen LogP) is 2.38. The molecule has 9 heteroatoms. The maximum absolute atomic E-state index is 12.4. The van der Waals surface area contributed by atoms with E-state index in [1.807, 2.05) is 0 Å². The summed E-state index contributed by atoms with van der Waals surface area (Å²) >= 11 is 6.01. The standard InChI is InChI=1S/C13H11ClN6O2/c1-6-11(7(2)22-18-6)13(21)15-10-5-8(14)3-4-9(10)12-16-19-20-17-12/h3-5H,1-2H3,(H,15,21)(H,16,17,19,20). The number of aromatic amines is 1. The zero-order valence-corrected chi connectivity index (χ0v) is 12.5. The highest BCUT2D eigenvalue weighted by Crippen LogP contribution is 2.28. The first kappa shape index (κ1) is 14.2. The van der Waals surface area contributed by atoms with E-state index in [1.54, 1.807) is 32.0 Å². The van der Waals surface area contributed by atoms with Crippen molar-refractivity contribution in [1.82, 2.24) is 25.8 Å². The van der Waals surface area contributed by atoms with Gasteiger partial charge in [0.25, 0.3) is 5.91 Å². The molecule has 1 aromatic carbocycles. The van der Waals surface area contributed by atoms with Crippen molar-refractivity contribution in [3.05, 3.63) is 40.2 Å². The molecular weight excluding hydrogens is 308 g/mol. The highest BCUT2D eigenvalue weighted by molar-refractivity contribution is 6.31. The van der Waals surface area contributed by atoms with Crippen molar-refractivity contribution in [3.63, 3.8) is 0 Å². The van der Waals surface area contributed by atoms with Crippen LogP contribution in [0.1, 0.15) is 21.8 Å². The Kier molecular flexibility index (Phi) is 3.60. The molecule has 0 saturated carbocycles. The smallest absolute Gasteiger partial charge is 0.261 e. The highest BCUT2D eigenvalue weighted by Gasteiger charge is 2.19. The summed E-state index contributed by atoms with van der Waals surface area (Å²) in [6, 6.07) is 5.02. The lowest BCUT2D eigenvalue weighted by molar-refractivity contribution is 0.102. The molecule has 0 spiro atoms. The monoisotopic (exact) mass is 318 g/mol. The Labute approximate surface area is 129 Å². The van der Waals surface area contributed by atoms with Gasteiger partial charge in [0, 0.05) is 10.6 Å². The van der Waals surface area contributed by atoms with Gasteiger partial charge in [-0.3, -0.25) is 4.79 Å². The van der Waals surface area contributed by atoms with Crippen molar-refractivity contribution in [1.29, 1.82) is 0 Å². The maximum Gasteiger partial charge on any atom is 0.261 e. The summed E-state index contributed by atoms with van der Waals surface area (Å²) in [7, 11) is 0. The summed E-state index contributed by atoms with van der Waals surface area (Å²) in [5.74, 6) is 0.526. The van der Waals surface area contributed by atoms with Gasteiger partial charge in [-0.2, -0.15) is 0 Å². The first-order valence-electron chi connectivity index (χ1n) is 6.34. The Morgan fingerprint density at radius 3 is 2.82 bits per heavy atom. The molecule has 0 atom stereocenters. The molecule has 0 bridgehead atoms. The normalized spacial score (nSPS) is 10.7. The molecule has 8 nitrogen and oxygen atoms in total. The van der Waals surface area contributed by atoms with Crippen molar-refractivity contribution >= 4 is 23.2 Å². The van der Waals surface area contributed by atoms with Crippen LogP contribution in [-0.2, 0) is 0 Å². The molecular formula is C13H11ClN6O2. The van der Waals surface area contributed by atoms with Gasteiger partial charge >= 0.3 is 0 Å². The van der Waals surface area contributed by atoms with Crippen LogP contribution in [0.15, 0.2) is 22.7 Å². The minimum atomic E-state index is -0.341. The third-order valence-electron chi connectivity index (χ3n) is 3.09. The van der Waals surface area contributed by atoms with E-state index in [0.29, 0.717) is 39.1 Å². The zero-order chi connectivity index (χ0) is 15.7. The van der Waals surface area contributed by atoms with Crippen molar-refractivity contribution < 1.29 is 9.32 Å². The first-order valence-corrected chi connectivity index (χ1v) is 6.72. The van der Waals surface area contributed by atoms with Crippen LogP contribution in [0.25, 0.3) is 11.4 Å².